The summed E-state index contributed by atoms with van der Waals surface area (Å²) < 4.78 is 13.3. The van der Waals surface area contributed by atoms with Crippen LogP contribution in [-0.4, -0.2) is 35.7 Å². The van der Waals surface area contributed by atoms with Gasteiger partial charge in [0.2, 0.25) is 17.7 Å². The molecule has 1 saturated heterocycles. The van der Waals surface area contributed by atoms with Crippen LogP contribution < -0.4 is 4.90 Å². The van der Waals surface area contributed by atoms with Crippen molar-refractivity contribution in [3.63, 3.8) is 0 Å². The average Bonchev–Trinajstić information content (AvgIpc) is 2.82. The van der Waals surface area contributed by atoms with Crippen molar-refractivity contribution in [2.75, 3.05) is 18.0 Å². The van der Waals surface area contributed by atoms with E-state index in [2.05, 4.69) is 0 Å². The van der Waals surface area contributed by atoms with Gasteiger partial charge in [-0.15, -0.1) is 0 Å². The molecule has 0 aromatic heterocycles. The third-order valence-electron chi connectivity index (χ3n) is 4.17. The molecular formula is C16H17FN2O3. The predicted octanol–water partition coefficient (Wildman–Crippen LogP) is 1.64. The van der Waals surface area contributed by atoms with Crippen molar-refractivity contribution in [3.05, 3.63) is 29.6 Å². The molecule has 0 atom stereocenters. The summed E-state index contributed by atoms with van der Waals surface area (Å²) in [7, 11) is 0. The van der Waals surface area contributed by atoms with Gasteiger partial charge in [-0.2, -0.15) is 0 Å². The molecule has 22 heavy (non-hydrogen) atoms. The van der Waals surface area contributed by atoms with E-state index in [0.717, 1.165) is 29.0 Å². The molecular weight excluding hydrogens is 287 g/mol. The van der Waals surface area contributed by atoms with E-state index in [4.69, 9.17) is 0 Å². The minimum absolute atomic E-state index is 0.105. The summed E-state index contributed by atoms with van der Waals surface area (Å²) >= 11 is 0. The second-order valence-electron chi connectivity index (χ2n) is 5.61. The Balaban J connectivity index is 1.69. The standard InChI is InChI=1S/C16H17FN2O3/c17-12-3-4-13-11(10-12)2-1-8-18(13)16(22)7-9-19-14(20)5-6-15(19)21/h3-4,10H,1-2,5-9H2. The van der Waals surface area contributed by atoms with Gasteiger partial charge in [0.15, 0.2) is 0 Å². The number of anilines is 1. The number of amides is 3. The van der Waals surface area contributed by atoms with Crippen LogP contribution in [0.25, 0.3) is 0 Å². The highest BCUT2D eigenvalue weighted by atomic mass is 19.1. The van der Waals surface area contributed by atoms with Crippen LogP contribution in [0.2, 0.25) is 0 Å². The minimum Gasteiger partial charge on any atom is -0.312 e. The van der Waals surface area contributed by atoms with Crippen LogP contribution >= 0.6 is 0 Å². The van der Waals surface area contributed by atoms with Crippen LogP contribution in [0.5, 0.6) is 0 Å². The molecule has 1 aromatic rings. The smallest absolute Gasteiger partial charge is 0.229 e. The summed E-state index contributed by atoms with van der Waals surface area (Å²) in [6.07, 6.45) is 2.11. The Labute approximate surface area is 127 Å². The predicted molar refractivity (Wildman–Crippen MR) is 77.6 cm³/mol. The molecule has 3 rings (SSSR count). The lowest BCUT2D eigenvalue weighted by Crippen LogP contribution is -2.39. The molecule has 1 aromatic carbocycles. The number of aryl methyl sites for hydroxylation is 1. The molecule has 116 valence electrons. The number of likely N-dealkylation sites (tertiary alicyclic amines) is 1. The Morgan fingerprint density at radius 3 is 2.59 bits per heavy atom. The molecule has 0 aliphatic carbocycles. The molecule has 2 heterocycles. The molecule has 0 N–H and O–H groups in total. The maximum absolute atomic E-state index is 13.3. The minimum atomic E-state index is -0.304. The molecule has 0 spiro atoms. The van der Waals surface area contributed by atoms with E-state index in [1.165, 1.54) is 12.1 Å². The number of hydrogen-bond donors (Lipinski definition) is 0. The summed E-state index contributed by atoms with van der Waals surface area (Å²) in [6.45, 7) is 0.711. The summed E-state index contributed by atoms with van der Waals surface area (Å²) in [5.41, 5.74) is 1.56. The highest BCUT2D eigenvalue weighted by Crippen LogP contribution is 2.28. The number of hydrogen-bond acceptors (Lipinski definition) is 3. The van der Waals surface area contributed by atoms with Crippen molar-refractivity contribution in [1.82, 2.24) is 4.90 Å². The molecule has 3 amide bonds. The zero-order chi connectivity index (χ0) is 15.7. The molecule has 1 fully saturated rings. The summed E-state index contributed by atoms with van der Waals surface area (Å²) in [6, 6.07) is 4.42. The molecule has 0 radical (unpaired) electrons. The second-order valence-corrected chi connectivity index (χ2v) is 5.61. The highest BCUT2D eigenvalue weighted by Gasteiger charge is 2.30. The average molecular weight is 304 g/mol. The topological polar surface area (TPSA) is 57.7 Å². The van der Waals surface area contributed by atoms with Crippen LogP contribution in [0.3, 0.4) is 0 Å². The monoisotopic (exact) mass is 304 g/mol. The van der Waals surface area contributed by atoms with E-state index in [-0.39, 0.29) is 49.3 Å². The van der Waals surface area contributed by atoms with Crippen molar-refractivity contribution in [2.45, 2.75) is 32.1 Å². The highest BCUT2D eigenvalue weighted by molar-refractivity contribution is 6.02. The maximum atomic E-state index is 13.3. The number of fused-ring (bicyclic) bond motifs is 1. The lowest BCUT2D eigenvalue weighted by molar-refractivity contribution is -0.138. The van der Waals surface area contributed by atoms with E-state index in [1.807, 2.05) is 0 Å². The Morgan fingerprint density at radius 1 is 1.14 bits per heavy atom. The van der Waals surface area contributed by atoms with Gasteiger partial charge in [0.05, 0.1) is 0 Å². The quantitative estimate of drug-likeness (QED) is 0.798. The Bertz CT molecular complexity index is 628. The van der Waals surface area contributed by atoms with Gasteiger partial charge in [-0.05, 0) is 36.6 Å². The van der Waals surface area contributed by atoms with Gasteiger partial charge in [-0.3, -0.25) is 19.3 Å². The van der Waals surface area contributed by atoms with Crippen molar-refractivity contribution in [3.8, 4) is 0 Å². The molecule has 0 unspecified atom stereocenters. The molecule has 5 nitrogen and oxygen atoms in total. The largest absolute Gasteiger partial charge is 0.312 e. The van der Waals surface area contributed by atoms with Crippen LogP contribution in [-0.2, 0) is 20.8 Å². The number of nitrogens with zero attached hydrogens (tertiary/aromatic N) is 2. The van der Waals surface area contributed by atoms with Crippen LogP contribution in [0.15, 0.2) is 18.2 Å². The number of carbonyl (C=O) groups excluding carboxylic acids is 3. The molecule has 6 heteroatoms. The van der Waals surface area contributed by atoms with Crippen molar-refractivity contribution in [1.29, 1.82) is 0 Å². The van der Waals surface area contributed by atoms with Gasteiger partial charge in [-0.25, -0.2) is 4.39 Å². The first-order valence-corrected chi connectivity index (χ1v) is 7.48. The number of carbonyl (C=O) groups is 3. The lowest BCUT2D eigenvalue weighted by Gasteiger charge is -2.30. The van der Waals surface area contributed by atoms with Gasteiger partial charge in [0, 0.05) is 38.0 Å². The van der Waals surface area contributed by atoms with E-state index >= 15 is 0 Å². The van der Waals surface area contributed by atoms with Crippen LogP contribution in [0.1, 0.15) is 31.2 Å². The van der Waals surface area contributed by atoms with Crippen molar-refractivity contribution in [2.24, 2.45) is 0 Å². The molecule has 2 aliphatic rings. The first-order valence-electron chi connectivity index (χ1n) is 7.48. The van der Waals surface area contributed by atoms with Gasteiger partial charge in [-0.1, -0.05) is 0 Å². The normalized spacial score (nSPS) is 17.9. The number of rotatable bonds is 3. The maximum Gasteiger partial charge on any atom is 0.229 e. The third kappa shape index (κ3) is 2.73. The second kappa shape index (κ2) is 5.87. The Morgan fingerprint density at radius 2 is 1.86 bits per heavy atom. The number of halogens is 1. The number of benzene rings is 1. The van der Waals surface area contributed by atoms with Crippen LogP contribution in [0, 0.1) is 5.82 Å². The number of imide groups is 1. The van der Waals surface area contributed by atoms with Gasteiger partial charge in [0.25, 0.3) is 0 Å². The zero-order valence-corrected chi connectivity index (χ0v) is 12.2. The fourth-order valence-electron chi connectivity index (χ4n) is 3.04. The zero-order valence-electron chi connectivity index (χ0n) is 12.2. The van der Waals surface area contributed by atoms with Gasteiger partial charge in [0.1, 0.15) is 5.82 Å². The van der Waals surface area contributed by atoms with E-state index < -0.39 is 0 Å². The lowest BCUT2D eigenvalue weighted by atomic mass is 10.0. The Kier molecular flexibility index (Phi) is 3.92. The third-order valence-corrected chi connectivity index (χ3v) is 4.17. The van der Waals surface area contributed by atoms with E-state index in [9.17, 15) is 18.8 Å². The van der Waals surface area contributed by atoms with Crippen LogP contribution in [0.4, 0.5) is 10.1 Å². The first kappa shape index (κ1) is 14.7. The molecule has 2 aliphatic heterocycles. The van der Waals surface area contributed by atoms with E-state index in [0.29, 0.717) is 6.54 Å². The molecule has 0 bridgehead atoms. The van der Waals surface area contributed by atoms with Crippen molar-refractivity contribution < 1.29 is 18.8 Å². The summed E-state index contributed by atoms with van der Waals surface area (Å²) in [5, 5.41) is 0. The van der Waals surface area contributed by atoms with E-state index in [1.54, 1.807) is 11.0 Å². The SMILES string of the molecule is O=C1CCC(=O)N1CCC(=O)N1CCCc2cc(F)ccc21. The summed E-state index contributed by atoms with van der Waals surface area (Å²) in [5.74, 6) is -0.862. The summed E-state index contributed by atoms with van der Waals surface area (Å²) in [4.78, 5) is 38.3. The fraction of sp³-hybridized carbons (Fsp3) is 0.438. The first-order chi connectivity index (χ1) is 10.6. The molecule has 0 saturated carbocycles. The Hall–Kier alpha value is -2.24. The van der Waals surface area contributed by atoms with Gasteiger partial charge >= 0.3 is 0 Å². The van der Waals surface area contributed by atoms with Crippen molar-refractivity contribution >= 4 is 23.4 Å². The van der Waals surface area contributed by atoms with Gasteiger partial charge < -0.3 is 4.90 Å². The fourth-order valence-corrected chi connectivity index (χ4v) is 3.04.